The van der Waals surface area contributed by atoms with E-state index in [1.54, 1.807) is 29.0 Å². The highest BCUT2D eigenvalue weighted by Gasteiger charge is 2.40. The van der Waals surface area contributed by atoms with E-state index in [1.807, 2.05) is 6.92 Å². The zero-order valence-corrected chi connectivity index (χ0v) is 13.2. The Balaban J connectivity index is 2.04. The first-order chi connectivity index (χ1) is 10.5. The molecule has 0 bridgehead atoms. The van der Waals surface area contributed by atoms with Gasteiger partial charge in [-0.25, -0.2) is 0 Å². The number of primary amides is 1. The summed E-state index contributed by atoms with van der Waals surface area (Å²) in [6, 6.07) is 1.73. The fraction of sp³-hybridized carbons (Fsp3) is 0.667. The van der Waals surface area contributed by atoms with Crippen molar-refractivity contribution in [1.29, 1.82) is 0 Å². The summed E-state index contributed by atoms with van der Waals surface area (Å²) in [5.74, 6) is -0.334. The zero-order valence-electron chi connectivity index (χ0n) is 13.2. The summed E-state index contributed by atoms with van der Waals surface area (Å²) < 4.78 is 6.77. The highest BCUT2D eigenvalue weighted by atomic mass is 16.5. The molecule has 2 N–H and O–H groups in total. The van der Waals surface area contributed by atoms with E-state index in [0.29, 0.717) is 51.2 Å². The molecule has 7 heteroatoms. The van der Waals surface area contributed by atoms with E-state index < -0.39 is 5.41 Å². The summed E-state index contributed by atoms with van der Waals surface area (Å²) in [6.45, 7) is 4.16. The van der Waals surface area contributed by atoms with Gasteiger partial charge in [-0.3, -0.25) is 14.3 Å². The number of ether oxygens (including phenoxy) is 1. The Morgan fingerprint density at radius 2 is 2.09 bits per heavy atom. The van der Waals surface area contributed by atoms with Crippen molar-refractivity contribution in [2.75, 3.05) is 26.8 Å². The summed E-state index contributed by atoms with van der Waals surface area (Å²) in [5, 5.41) is 4.13. The van der Waals surface area contributed by atoms with Crippen LogP contribution in [0.5, 0.6) is 0 Å². The van der Waals surface area contributed by atoms with E-state index in [4.69, 9.17) is 10.5 Å². The van der Waals surface area contributed by atoms with Crippen LogP contribution in [-0.4, -0.2) is 53.3 Å². The first kappa shape index (κ1) is 16.5. The molecule has 0 spiro atoms. The number of rotatable bonds is 6. The second-order valence-corrected chi connectivity index (χ2v) is 5.71. The third-order valence-electron chi connectivity index (χ3n) is 4.55. The summed E-state index contributed by atoms with van der Waals surface area (Å²) in [7, 11) is 1.61. The molecular weight excluding hydrogens is 284 g/mol. The SMILES string of the molecule is CCn1nccc1C(=O)N1CCC(CCOC)(C(N)=O)CC1. The number of aromatic nitrogens is 2. The molecule has 122 valence electrons. The molecule has 0 radical (unpaired) electrons. The number of carbonyl (C=O) groups excluding carboxylic acids is 2. The number of hydrogen-bond acceptors (Lipinski definition) is 4. The lowest BCUT2D eigenvalue weighted by atomic mass is 9.75. The fourth-order valence-electron chi connectivity index (χ4n) is 2.98. The Morgan fingerprint density at radius 3 is 2.64 bits per heavy atom. The Kier molecular flexibility index (Phi) is 5.18. The maximum Gasteiger partial charge on any atom is 0.272 e. The van der Waals surface area contributed by atoms with E-state index >= 15 is 0 Å². The Morgan fingerprint density at radius 1 is 1.41 bits per heavy atom. The highest BCUT2D eigenvalue weighted by molar-refractivity contribution is 5.92. The minimum absolute atomic E-state index is 0.0378. The molecule has 7 nitrogen and oxygen atoms in total. The Hall–Kier alpha value is -1.89. The van der Waals surface area contributed by atoms with E-state index in [0.717, 1.165) is 0 Å². The molecule has 1 aromatic heterocycles. The predicted molar refractivity (Wildman–Crippen MR) is 81.2 cm³/mol. The smallest absolute Gasteiger partial charge is 0.272 e. The standard InChI is InChI=1S/C15H24N4O3/c1-3-19-12(4-8-17-19)13(20)18-9-5-15(6-10-18,14(16)21)7-11-22-2/h4,8H,3,5-7,9-11H2,1-2H3,(H2,16,21). The van der Waals surface area contributed by atoms with E-state index in [9.17, 15) is 9.59 Å². The lowest BCUT2D eigenvalue weighted by molar-refractivity contribution is -0.131. The van der Waals surface area contributed by atoms with Gasteiger partial charge in [0.1, 0.15) is 5.69 Å². The molecule has 2 amide bonds. The molecule has 0 unspecified atom stereocenters. The number of nitrogens with two attached hydrogens (primary N) is 1. The van der Waals surface area contributed by atoms with Gasteiger partial charge in [0.25, 0.3) is 5.91 Å². The van der Waals surface area contributed by atoms with Crippen molar-refractivity contribution >= 4 is 11.8 Å². The van der Waals surface area contributed by atoms with Gasteiger partial charge in [-0.1, -0.05) is 0 Å². The second-order valence-electron chi connectivity index (χ2n) is 5.71. The molecule has 2 rings (SSSR count). The molecule has 22 heavy (non-hydrogen) atoms. The normalized spacial score (nSPS) is 17.5. The lowest BCUT2D eigenvalue weighted by Gasteiger charge is -2.39. The molecular formula is C15H24N4O3. The van der Waals surface area contributed by atoms with Crippen LogP contribution in [0.2, 0.25) is 0 Å². The van der Waals surface area contributed by atoms with Crippen molar-refractivity contribution in [1.82, 2.24) is 14.7 Å². The molecule has 2 heterocycles. The average molecular weight is 308 g/mol. The Bertz CT molecular complexity index is 533. The van der Waals surface area contributed by atoms with Crippen LogP contribution in [0.25, 0.3) is 0 Å². The van der Waals surface area contributed by atoms with E-state index in [2.05, 4.69) is 5.10 Å². The van der Waals surface area contributed by atoms with Crippen LogP contribution in [0.3, 0.4) is 0 Å². The van der Waals surface area contributed by atoms with Crippen LogP contribution >= 0.6 is 0 Å². The monoisotopic (exact) mass is 308 g/mol. The maximum atomic E-state index is 12.6. The number of carbonyl (C=O) groups is 2. The number of likely N-dealkylation sites (tertiary alicyclic amines) is 1. The van der Waals surface area contributed by atoms with Gasteiger partial charge in [0, 0.05) is 39.5 Å². The maximum absolute atomic E-state index is 12.6. The van der Waals surface area contributed by atoms with Gasteiger partial charge >= 0.3 is 0 Å². The fourth-order valence-corrected chi connectivity index (χ4v) is 2.98. The average Bonchev–Trinajstić information content (AvgIpc) is 3.01. The zero-order chi connectivity index (χ0) is 16.2. The minimum atomic E-state index is -0.558. The number of aryl methyl sites for hydroxylation is 1. The largest absolute Gasteiger partial charge is 0.385 e. The van der Waals surface area contributed by atoms with Crippen molar-refractivity contribution in [2.45, 2.75) is 32.7 Å². The van der Waals surface area contributed by atoms with Crippen molar-refractivity contribution in [3.8, 4) is 0 Å². The summed E-state index contributed by atoms with van der Waals surface area (Å²) >= 11 is 0. The summed E-state index contributed by atoms with van der Waals surface area (Å²) in [5.41, 5.74) is 5.62. The topological polar surface area (TPSA) is 90.4 Å². The predicted octanol–water partition coefficient (Wildman–Crippen LogP) is 0.647. The van der Waals surface area contributed by atoms with Crippen LogP contribution in [0.1, 0.15) is 36.7 Å². The first-order valence-corrected chi connectivity index (χ1v) is 7.64. The summed E-state index contributed by atoms with van der Waals surface area (Å²) in [4.78, 5) is 26.2. The molecule has 0 atom stereocenters. The van der Waals surface area contributed by atoms with E-state index in [-0.39, 0.29) is 11.8 Å². The van der Waals surface area contributed by atoms with Gasteiger partial charge in [0.2, 0.25) is 5.91 Å². The van der Waals surface area contributed by atoms with Gasteiger partial charge in [0.05, 0.1) is 5.41 Å². The van der Waals surface area contributed by atoms with Crippen molar-refractivity contribution < 1.29 is 14.3 Å². The molecule has 1 aromatic rings. The van der Waals surface area contributed by atoms with Gasteiger partial charge in [-0.2, -0.15) is 5.10 Å². The molecule has 0 aromatic carbocycles. The van der Waals surface area contributed by atoms with Crippen LogP contribution in [0, 0.1) is 5.41 Å². The van der Waals surface area contributed by atoms with Crippen molar-refractivity contribution in [3.05, 3.63) is 18.0 Å². The van der Waals surface area contributed by atoms with Crippen LogP contribution in [0.4, 0.5) is 0 Å². The van der Waals surface area contributed by atoms with Gasteiger partial charge in [-0.15, -0.1) is 0 Å². The number of hydrogen-bond donors (Lipinski definition) is 1. The first-order valence-electron chi connectivity index (χ1n) is 7.64. The quantitative estimate of drug-likeness (QED) is 0.835. The van der Waals surface area contributed by atoms with Gasteiger partial charge in [-0.05, 0) is 32.3 Å². The van der Waals surface area contributed by atoms with Crippen molar-refractivity contribution in [2.24, 2.45) is 11.1 Å². The minimum Gasteiger partial charge on any atom is -0.385 e. The van der Waals surface area contributed by atoms with Crippen LogP contribution < -0.4 is 5.73 Å². The van der Waals surface area contributed by atoms with Crippen LogP contribution in [0.15, 0.2) is 12.3 Å². The molecule has 1 fully saturated rings. The number of methoxy groups -OCH3 is 1. The van der Waals surface area contributed by atoms with Gasteiger partial charge < -0.3 is 15.4 Å². The number of amides is 2. The molecule has 1 aliphatic heterocycles. The van der Waals surface area contributed by atoms with Gasteiger partial charge in [0.15, 0.2) is 0 Å². The highest BCUT2D eigenvalue weighted by Crippen LogP contribution is 2.35. The van der Waals surface area contributed by atoms with Crippen LogP contribution in [-0.2, 0) is 16.1 Å². The third kappa shape index (κ3) is 3.14. The number of piperidine rings is 1. The molecule has 0 aliphatic carbocycles. The van der Waals surface area contributed by atoms with Crippen molar-refractivity contribution in [3.63, 3.8) is 0 Å². The number of nitrogens with zero attached hydrogens (tertiary/aromatic N) is 3. The molecule has 0 saturated carbocycles. The second kappa shape index (κ2) is 6.91. The lowest BCUT2D eigenvalue weighted by Crippen LogP contribution is -2.49. The molecule has 1 aliphatic rings. The Labute approximate surface area is 130 Å². The summed E-state index contributed by atoms with van der Waals surface area (Å²) in [6.07, 6.45) is 3.40. The third-order valence-corrected chi connectivity index (χ3v) is 4.55. The molecule has 1 saturated heterocycles. The van der Waals surface area contributed by atoms with E-state index in [1.165, 1.54) is 0 Å².